The van der Waals surface area contributed by atoms with Gasteiger partial charge in [0.25, 0.3) is 0 Å². The molecule has 1 fully saturated rings. The maximum atomic E-state index is 11.6. The number of hydrogen-bond acceptors (Lipinski definition) is 3. The lowest BCUT2D eigenvalue weighted by Gasteiger charge is -2.34. The molecule has 2 atom stereocenters. The van der Waals surface area contributed by atoms with Crippen molar-refractivity contribution in [3.05, 3.63) is 0 Å². The molecular formula is C10H20N2O2. The quantitative estimate of drug-likeness (QED) is 0.709. The second kappa shape index (κ2) is 5.32. The van der Waals surface area contributed by atoms with Gasteiger partial charge < -0.3 is 15.4 Å². The van der Waals surface area contributed by atoms with Gasteiger partial charge in [-0.25, -0.2) is 0 Å². The highest BCUT2D eigenvalue weighted by Gasteiger charge is 2.25. The van der Waals surface area contributed by atoms with Crippen molar-refractivity contribution in [2.24, 2.45) is 11.7 Å². The molecule has 1 heterocycles. The summed E-state index contributed by atoms with van der Waals surface area (Å²) in [6.45, 7) is 6.29. The van der Waals surface area contributed by atoms with Crippen LogP contribution in [0.1, 0.15) is 20.3 Å². The highest BCUT2D eigenvalue weighted by Crippen LogP contribution is 2.15. The third-order valence-corrected chi connectivity index (χ3v) is 2.80. The standard InChI is InChI=1S/C10H20N2O2/c1-3-14-7-10(13)12-5-4-8(2)9(11)6-12/h8-9H,3-7,11H2,1-2H3. The van der Waals surface area contributed by atoms with Gasteiger partial charge in [0.05, 0.1) is 0 Å². The van der Waals surface area contributed by atoms with Gasteiger partial charge in [-0.05, 0) is 19.3 Å². The maximum Gasteiger partial charge on any atom is 0.248 e. The van der Waals surface area contributed by atoms with Crippen LogP contribution in [0, 0.1) is 5.92 Å². The van der Waals surface area contributed by atoms with Crippen LogP contribution in [0.25, 0.3) is 0 Å². The zero-order chi connectivity index (χ0) is 10.6. The Balaban J connectivity index is 2.34. The Hall–Kier alpha value is -0.610. The molecule has 0 aromatic rings. The van der Waals surface area contributed by atoms with E-state index in [-0.39, 0.29) is 18.6 Å². The molecule has 1 saturated heterocycles. The number of amides is 1. The molecule has 1 aliphatic heterocycles. The molecular weight excluding hydrogens is 180 g/mol. The highest BCUT2D eigenvalue weighted by atomic mass is 16.5. The largest absolute Gasteiger partial charge is 0.372 e. The smallest absolute Gasteiger partial charge is 0.248 e. The van der Waals surface area contributed by atoms with Crippen LogP contribution in [0.4, 0.5) is 0 Å². The number of piperidine rings is 1. The zero-order valence-electron chi connectivity index (χ0n) is 9.03. The summed E-state index contributed by atoms with van der Waals surface area (Å²) in [6, 6.07) is 0.120. The maximum absolute atomic E-state index is 11.6. The predicted octanol–water partition coefficient (Wildman–Crippen LogP) is 0.219. The number of hydrogen-bond donors (Lipinski definition) is 1. The Morgan fingerprint density at radius 1 is 1.64 bits per heavy atom. The molecule has 0 radical (unpaired) electrons. The number of nitrogens with zero attached hydrogens (tertiary/aromatic N) is 1. The van der Waals surface area contributed by atoms with E-state index in [0.29, 0.717) is 19.1 Å². The van der Waals surface area contributed by atoms with Crippen molar-refractivity contribution in [2.45, 2.75) is 26.3 Å². The molecule has 0 bridgehead atoms. The Kier molecular flexibility index (Phi) is 4.35. The Labute approximate surface area is 85.4 Å². The van der Waals surface area contributed by atoms with Crippen LogP contribution in [0.3, 0.4) is 0 Å². The molecule has 0 aliphatic carbocycles. The normalized spacial score (nSPS) is 27.8. The average molecular weight is 200 g/mol. The van der Waals surface area contributed by atoms with Crippen molar-refractivity contribution < 1.29 is 9.53 Å². The van der Waals surface area contributed by atoms with Crippen molar-refractivity contribution in [1.82, 2.24) is 4.90 Å². The molecule has 0 saturated carbocycles. The van der Waals surface area contributed by atoms with Crippen molar-refractivity contribution in [2.75, 3.05) is 26.3 Å². The average Bonchev–Trinajstić information content (AvgIpc) is 2.18. The molecule has 82 valence electrons. The molecule has 14 heavy (non-hydrogen) atoms. The van der Waals surface area contributed by atoms with Gasteiger partial charge in [0.1, 0.15) is 6.61 Å². The summed E-state index contributed by atoms with van der Waals surface area (Å²) in [6.07, 6.45) is 0.999. The van der Waals surface area contributed by atoms with Crippen LogP contribution in [-0.4, -0.2) is 43.2 Å². The number of carbonyl (C=O) groups excluding carboxylic acids is 1. The second-order valence-electron chi connectivity index (χ2n) is 3.91. The van der Waals surface area contributed by atoms with E-state index in [2.05, 4.69) is 6.92 Å². The van der Waals surface area contributed by atoms with Crippen molar-refractivity contribution >= 4 is 5.91 Å². The summed E-state index contributed by atoms with van der Waals surface area (Å²) >= 11 is 0. The molecule has 4 nitrogen and oxygen atoms in total. The van der Waals surface area contributed by atoms with Crippen molar-refractivity contribution in [3.63, 3.8) is 0 Å². The monoisotopic (exact) mass is 200 g/mol. The number of ether oxygens (including phenoxy) is 1. The predicted molar refractivity (Wildman–Crippen MR) is 54.8 cm³/mol. The molecule has 1 aliphatic rings. The van der Waals surface area contributed by atoms with Gasteiger partial charge >= 0.3 is 0 Å². The first-order chi connectivity index (χ1) is 6.65. The summed E-state index contributed by atoms with van der Waals surface area (Å²) in [5.41, 5.74) is 5.90. The minimum absolute atomic E-state index is 0.0641. The lowest BCUT2D eigenvalue weighted by Crippen LogP contribution is -2.50. The van der Waals surface area contributed by atoms with E-state index < -0.39 is 0 Å². The summed E-state index contributed by atoms with van der Waals surface area (Å²) in [5, 5.41) is 0. The van der Waals surface area contributed by atoms with Crippen LogP contribution >= 0.6 is 0 Å². The highest BCUT2D eigenvalue weighted by molar-refractivity contribution is 5.77. The van der Waals surface area contributed by atoms with Gasteiger partial charge in [-0.3, -0.25) is 4.79 Å². The fourth-order valence-corrected chi connectivity index (χ4v) is 1.61. The SMILES string of the molecule is CCOCC(=O)N1CCC(C)C(N)C1. The van der Waals surface area contributed by atoms with E-state index in [9.17, 15) is 4.79 Å². The lowest BCUT2D eigenvalue weighted by molar-refractivity contribution is -0.137. The van der Waals surface area contributed by atoms with Crippen molar-refractivity contribution in [3.8, 4) is 0 Å². The molecule has 0 aromatic carbocycles. The molecule has 2 N–H and O–H groups in total. The topological polar surface area (TPSA) is 55.6 Å². The number of rotatable bonds is 3. The van der Waals surface area contributed by atoms with E-state index in [1.165, 1.54) is 0 Å². The fraction of sp³-hybridized carbons (Fsp3) is 0.900. The minimum Gasteiger partial charge on any atom is -0.372 e. The summed E-state index contributed by atoms with van der Waals surface area (Å²) in [4.78, 5) is 13.4. The number of carbonyl (C=O) groups is 1. The second-order valence-corrected chi connectivity index (χ2v) is 3.91. The third-order valence-electron chi connectivity index (χ3n) is 2.80. The first-order valence-electron chi connectivity index (χ1n) is 5.26. The molecule has 2 unspecified atom stereocenters. The zero-order valence-corrected chi connectivity index (χ0v) is 9.03. The first-order valence-corrected chi connectivity index (χ1v) is 5.26. The van der Waals surface area contributed by atoms with Crippen LogP contribution in [-0.2, 0) is 9.53 Å². The van der Waals surface area contributed by atoms with E-state index in [4.69, 9.17) is 10.5 Å². The summed E-state index contributed by atoms with van der Waals surface area (Å²) < 4.78 is 5.08. The van der Waals surface area contributed by atoms with Crippen molar-refractivity contribution in [1.29, 1.82) is 0 Å². The van der Waals surface area contributed by atoms with E-state index in [1.54, 1.807) is 4.90 Å². The van der Waals surface area contributed by atoms with Gasteiger partial charge in [-0.15, -0.1) is 0 Å². The Bertz CT molecular complexity index is 197. The van der Waals surface area contributed by atoms with Crippen LogP contribution < -0.4 is 5.73 Å². The van der Waals surface area contributed by atoms with E-state index in [0.717, 1.165) is 13.0 Å². The number of likely N-dealkylation sites (tertiary alicyclic amines) is 1. The molecule has 0 aromatic heterocycles. The number of nitrogens with two attached hydrogens (primary N) is 1. The van der Waals surface area contributed by atoms with Gasteiger partial charge in [0.2, 0.25) is 5.91 Å². The molecule has 1 amide bonds. The van der Waals surface area contributed by atoms with Gasteiger partial charge in [0.15, 0.2) is 0 Å². The van der Waals surface area contributed by atoms with Crippen LogP contribution in [0.5, 0.6) is 0 Å². The van der Waals surface area contributed by atoms with Crippen LogP contribution in [0.2, 0.25) is 0 Å². The Morgan fingerprint density at radius 2 is 2.36 bits per heavy atom. The Morgan fingerprint density at radius 3 is 2.93 bits per heavy atom. The molecule has 4 heteroatoms. The summed E-state index contributed by atoms with van der Waals surface area (Å²) in [5.74, 6) is 0.584. The third kappa shape index (κ3) is 2.96. The molecule has 0 spiro atoms. The lowest BCUT2D eigenvalue weighted by atomic mass is 9.94. The van der Waals surface area contributed by atoms with E-state index in [1.807, 2.05) is 6.92 Å². The minimum atomic E-state index is 0.0641. The first kappa shape index (κ1) is 11.5. The fourth-order valence-electron chi connectivity index (χ4n) is 1.61. The van der Waals surface area contributed by atoms with Gasteiger partial charge in [-0.1, -0.05) is 6.92 Å². The summed E-state index contributed by atoms with van der Waals surface area (Å²) in [7, 11) is 0. The van der Waals surface area contributed by atoms with Crippen LogP contribution in [0.15, 0.2) is 0 Å². The molecule has 1 rings (SSSR count). The van der Waals surface area contributed by atoms with Gasteiger partial charge in [-0.2, -0.15) is 0 Å². The van der Waals surface area contributed by atoms with E-state index >= 15 is 0 Å². The van der Waals surface area contributed by atoms with Gasteiger partial charge in [0, 0.05) is 25.7 Å².